The summed E-state index contributed by atoms with van der Waals surface area (Å²) in [6, 6.07) is 20.1. The predicted octanol–water partition coefficient (Wildman–Crippen LogP) is 5.20. The van der Waals surface area contributed by atoms with Crippen molar-refractivity contribution in [2.75, 3.05) is 17.4 Å². The summed E-state index contributed by atoms with van der Waals surface area (Å²) in [4.78, 5) is 12.9. The third-order valence-corrected chi connectivity index (χ3v) is 7.41. The molecule has 1 amide bonds. The predicted molar refractivity (Wildman–Crippen MR) is 134 cm³/mol. The summed E-state index contributed by atoms with van der Waals surface area (Å²) in [5.74, 6) is -0.364. The molecule has 7 heteroatoms. The van der Waals surface area contributed by atoms with Gasteiger partial charge in [-0.15, -0.1) is 0 Å². The van der Waals surface area contributed by atoms with Crippen LogP contribution < -0.4 is 9.62 Å². The number of hydrogen-bond acceptors (Lipinski definition) is 3. The van der Waals surface area contributed by atoms with Crippen LogP contribution in [0.25, 0.3) is 0 Å². The van der Waals surface area contributed by atoms with Crippen molar-refractivity contribution in [3.63, 3.8) is 0 Å². The normalized spacial score (nSPS) is 11.4. The van der Waals surface area contributed by atoms with Crippen molar-refractivity contribution < 1.29 is 17.6 Å². The molecule has 0 atom stereocenters. The van der Waals surface area contributed by atoms with Crippen molar-refractivity contribution in [1.29, 1.82) is 0 Å². The van der Waals surface area contributed by atoms with Gasteiger partial charge in [0.25, 0.3) is 10.0 Å². The van der Waals surface area contributed by atoms with E-state index in [-0.39, 0.29) is 23.2 Å². The highest BCUT2D eigenvalue weighted by atomic mass is 32.2. The minimum Gasteiger partial charge on any atom is -0.355 e. The van der Waals surface area contributed by atoms with E-state index in [1.54, 1.807) is 48.5 Å². The number of anilines is 1. The van der Waals surface area contributed by atoms with E-state index in [1.807, 2.05) is 19.1 Å². The molecule has 3 rings (SSSR count). The third kappa shape index (κ3) is 6.67. The van der Waals surface area contributed by atoms with Crippen LogP contribution in [0.2, 0.25) is 0 Å². The lowest BCUT2D eigenvalue weighted by atomic mass is 10.0. The van der Waals surface area contributed by atoms with Crippen LogP contribution in [0.15, 0.2) is 77.7 Å². The Hall–Kier alpha value is -3.19. The van der Waals surface area contributed by atoms with Crippen molar-refractivity contribution >= 4 is 21.6 Å². The first-order chi connectivity index (χ1) is 16.2. The van der Waals surface area contributed by atoms with Crippen LogP contribution in [0.5, 0.6) is 0 Å². The summed E-state index contributed by atoms with van der Waals surface area (Å²) in [6.45, 7) is 6.08. The fourth-order valence-corrected chi connectivity index (χ4v) is 4.96. The first-order valence-electron chi connectivity index (χ1n) is 11.4. The monoisotopic (exact) mass is 482 g/mol. The van der Waals surface area contributed by atoms with Gasteiger partial charge in [0, 0.05) is 6.54 Å². The maximum Gasteiger partial charge on any atom is 0.264 e. The van der Waals surface area contributed by atoms with E-state index >= 15 is 0 Å². The van der Waals surface area contributed by atoms with E-state index in [0.717, 1.165) is 21.0 Å². The second-order valence-corrected chi connectivity index (χ2v) is 10.5. The van der Waals surface area contributed by atoms with Gasteiger partial charge in [0.2, 0.25) is 5.91 Å². The Morgan fingerprint density at radius 1 is 0.941 bits per heavy atom. The van der Waals surface area contributed by atoms with E-state index < -0.39 is 10.0 Å². The van der Waals surface area contributed by atoms with E-state index in [4.69, 9.17) is 0 Å². The first kappa shape index (κ1) is 25.4. The molecular weight excluding hydrogens is 451 g/mol. The average Bonchev–Trinajstić information content (AvgIpc) is 2.81. The lowest BCUT2D eigenvalue weighted by Crippen LogP contribution is -2.41. The molecular formula is C27H31FN2O3S. The Balaban J connectivity index is 1.73. The van der Waals surface area contributed by atoms with Crippen LogP contribution in [0, 0.1) is 12.7 Å². The number of aryl methyl sites for hydroxylation is 2. The topological polar surface area (TPSA) is 66.5 Å². The molecule has 0 heterocycles. The van der Waals surface area contributed by atoms with Gasteiger partial charge < -0.3 is 5.32 Å². The van der Waals surface area contributed by atoms with Crippen LogP contribution in [0.3, 0.4) is 0 Å². The second-order valence-electron chi connectivity index (χ2n) is 8.65. The summed E-state index contributed by atoms with van der Waals surface area (Å²) < 4.78 is 41.1. The minimum absolute atomic E-state index is 0.134. The molecule has 0 aliphatic carbocycles. The number of benzene rings is 3. The quantitative estimate of drug-likeness (QED) is 0.404. The highest BCUT2D eigenvalue weighted by Crippen LogP contribution is 2.26. The van der Waals surface area contributed by atoms with E-state index in [9.17, 15) is 17.6 Å². The zero-order chi connectivity index (χ0) is 24.7. The smallest absolute Gasteiger partial charge is 0.264 e. The van der Waals surface area contributed by atoms with Gasteiger partial charge in [0.15, 0.2) is 0 Å². The molecule has 0 aliphatic heterocycles. The van der Waals surface area contributed by atoms with Gasteiger partial charge in [-0.1, -0.05) is 55.8 Å². The number of nitrogens with one attached hydrogen (secondary N) is 1. The average molecular weight is 483 g/mol. The van der Waals surface area contributed by atoms with Gasteiger partial charge in [0.1, 0.15) is 12.4 Å². The molecule has 0 fully saturated rings. The third-order valence-electron chi connectivity index (χ3n) is 5.62. The van der Waals surface area contributed by atoms with Gasteiger partial charge in [-0.3, -0.25) is 9.10 Å². The zero-order valence-corrected chi connectivity index (χ0v) is 20.6. The summed E-state index contributed by atoms with van der Waals surface area (Å²) in [6.07, 6.45) is 1.34. The molecule has 0 bridgehead atoms. The Morgan fingerprint density at radius 3 is 2.15 bits per heavy atom. The molecule has 0 aromatic heterocycles. The standard InChI is InChI=1S/C27H31FN2O3S/c1-20(2)23-10-14-25(15-11-23)30(34(32,33)26-16-6-21(3)7-17-26)19-27(31)29-18-4-5-22-8-12-24(28)13-9-22/h6-17,20H,4-5,18-19H2,1-3H3,(H,29,31). The molecule has 180 valence electrons. The minimum atomic E-state index is -3.94. The summed E-state index contributed by atoms with van der Waals surface area (Å²) >= 11 is 0. The van der Waals surface area contributed by atoms with Crippen LogP contribution in [-0.4, -0.2) is 27.4 Å². The molecule has 0 unspecified atom stereocenters. The SMILES string of the molecule is Cc1ccc(S(=O)(=O)N(CC(=O)NCCCc2ccc(F)cc2)c2ccc(C(C)C)cc2)cc1. The number of hydrogen-bond donors (Lipinski definition) is 1. The lowest BCUT2D eigenvalue weighted by Gasteiger charge is -2.24. The maximum absolute atomic E-state index is 13.5. The highest BCUT2D eigenvalue weighted by molar-refractivity contribution is 7.92. The van der Waals surface area contributed by atoms with Crippen LogP contribution in [0.1, 0.15) is 42.9 Å². The second kappa shape index (κ2) is 11.3. The maximum atomic E-state index is 13.5. The number of sulfonamides is 1. The number of carbonyl (C=O) groups is 1. The van der Waals surface area contributed by atoms with Gasteiger partial charge in [-0.05, 0) is 73.2 Å². The molecule has 0 saturated carbocycles. The van der Waals surface area contributed by atoms with Crippen molar-refractivity contribution in [2.45, 2.75) is 44.4 Å². The molecule has 3 aromatic carbocycles. The van der Waals surface area contributed by atoms with Gasteiger partial charge in [-0.2, -0.15) is 0 Å². The zero-order valence-electron chi connectivity index (χ0n) is 19.8. The fourth-order valence-electron chi connectivity index (χ4n) is 3.54. The highest BCUT2D eigenvalue weighted by Gasteiger charge is 2.27. The number of amides is 1. The van der Waals surface area contributed by atoms with Crippen LogP contribution in [0.4, 0.5) is 10.1 Å². The van der Waals surface area contributed by atoms with E-state index in [1.165, 1.54) is 12.1 Å². The van der Waals surface area contributed by atoms with Gasteiger partial charge in [-0.25, -0.2) is 12.8 Å². The number of halogens is 1. The number of rotatable bonds is 10. The van der Waals surface area contributed by atoms with Crippen molar-refractivity contribution in [1.82, 2.24) is 5.32 Å². The molecule has 34 heavy (non-hydrogen) atoms. The summed E-state index contributed by atoms with van der Waals surface area (Å²) in [7, 11) is -3.94. The van der Waals surface area contributed by atoms with E-state index in [0.29, 0.717) is 31.0 Å². The molecule has 0 saturated heterocycles. The van der Waals surface area contributed by atoms with Gasteiger partial charge in [0.05, 0.1) is 10.6 Å². The molecule has 1 N–H and O–H groups in total. The Labute approximate surface area is 201 Å². The molecule has 0 radical (unpaired) electrons. The van der Waals surface area contributed by atoms with Crippen molar-refractivity contribution in [3.8, 4) is 0 Å². The molecule has 5 nitrogen and oxygen atoms in total. The fraction of sp³-hybridized carbons (Fsp3) is 0.296. The van der Waals surface area contributed by atoms with Crippen LogP contribution in [-0.2, 0) is 21.2 Å². The van der Waals surface area contributed by atoms with Gasteiger partial charge >= 0.3 is 0 Å². The Kier molecular flexibility index (Phi) is 8.45. The van der Waals surface area contributed by atoms with Crippen molar-refractivity contribution in [3.05, 3.63) is 95.3 Å². The number of carbonyl (C=O) groups excluding carboxylic acids is 1. The number of nitrogens with zero attached hydrogens (tertiary/aromatic N) is 1. The summed E-state index contributed by atoms with van der Waals surface area (Å²) in [5, 5.41) is 2.81. The molecule has 0 aliphatic rings. The first-order valence-corrected chi connectivity index (χ1v) is 12.8. The van der Waals surface area contributed by atoms with Crippen molar-refractivity contribution in [2.24, 2.45) is 0 Å². The molecule has 3 aromatic rings. The summed E-state index contributed by atoms with van der Waals surface area (Å²) in [5.41, 5.74) is 3.45. The lowest BCUT2D eigenvalue weighted by molar-refractivity contribution is -0.119. The molecule has 0 spiro atoms. The Morgan fingerprint density at radius 2 is 1.56 bits per heavy atom. The van der Waals surface area contributed by atoms with Crippen LogP contribution >= 0.6 is 0 Å². The Bertz CT molecular complexity index is 1190. The van der Waals surface area contributed by atoms with E-state index in [2.05, 4.69) is 19.2 Å². The largest absolute Gasteiger partial charge is 0.355 e.